The molecule has 14 nitrogen and oxygen atoms in total. The second-order valence-electron chi connectivity index (χ2n) is 11.8. The van der Waals surface area contributed by atoms with Crippen LogP contribution in [0.5, 0.6) is 11.6 Å². The topological polar surface area (TPSA) is 182 Å². The molecular weight excluding hydrogens is 639 g/mol. The normalized spacial score (nSPS) is 21.9. The lowest BCUT2D eigenvalue weighted by atomic mass is 10.0. The Labute approximate surface area is 276 Å². The molecule has 0 spiro atoms. The van der Waals surface area contributed by atoms with E-state index in [2.05, 4.69) is 20.0 Å². The van der Waals surface area contributed by atoms with E-state index in [0.29, 0.717) is 16.6 Å². The zero-order chi connectivity index (χ0) is 34.1. The van der Waals surface area contributed by atoms with Gasteiger partial charge in [0.25, 0.3) is 0 Å². The first kappa shape index (κ1) is 33.3. The molecule has 6 unspecified atom stereocenters. The van der Waals surface area contributed by atoms with Crippen LogP contribution in [0.25, 0.3) is 21.9 Å². The number of fused-ring (bicyclic) bond motifs is 2. The van der Waals surface area contributed by atoms with Crippen molar-refractivity contribution in [1.82, 2.24) is 24.6 Å². The molecule has 252 valence electrons. The van der Waals surface area contributed by atoms with Crippen molar-refractivity contribution in [3.63, 3.8) is 0 Å². The number of benzene rings is 3. The summed E-state index contributed by atoms with van der Waals surface area (Å²) in [7, 11) is -2.85. The maximum absolute atomic E-state index is 14.5. The van der Waals surface area contributed by atoms with Crippen LogP contribution in [-0.2, 0) is 23.4 Å². The fourth-order valence-electron chi connectivity index (χ4n) is 5.66. The third-order valence-corrected chi connectivity index (χ3v) is 9.64. The van der Waals surface area contributed by atoms with E-state index in [0.717, 1.165) is 10.9 Å². The lowest BCUT2D eigenvalue weighted by Crippen LogP contribution is -2.36. The molecule has 3 heterocycles. The average molecular weight is 677 g/mol. The standard InChI is InChI=1S/C33H37N6O8P/c1-20(30(40)45-21(2)22-11-6-5-7-12-22)38-48(42,47-26-16-10-14-23-13-8-9-15-25(23)26)44-18-24-17-33(3,41)31(46-24)39-19-35-27-28(39)36-32(34)37-29(27)43-4/h5-16,19-21,24,31,41H,17-18H2,1-4H3,(H,38,42)(H2,34,36,37). The summed E-state index contributed by atoms with van der Waals surface area (Å²) in [5.41, 5.74) is 5.90. The molecule has 6 atom stereocenters. The third-order valence-electron chi connectivity index (χ3n) is 8.01. The van der Waals surface area contributed by atoms with Gasteiger partial charge in [0, 0.05) is 11.8 Å². The maximum Gasteiger partial charge on any atom is 0.459 e. The van der Waals surface area contributed by atoms with Crippen LogP contribution in [0.3, 0.4) is 0 Å². The summed E-state index contributed by atoms with van der Waals surface area (Å²) in [4.78, 5) is 25.8. The Morgan fingerprint density at radius 3 is 2.62 bits per heavy atom. The fraction of sp³-hybridized carbons (Fsp3) is 0.333. The van der Waals surface area contributed by atoms with Crippen LogP contribution in [0.2, 0.25) is 0 Å². The first-order valence-electron chi connectivity index (χ1n) is 15.3. The van der Waals surface area contributed by atoms with Crippen molar-refractivity contribution in [3.05, 3.63) is 84.7 Å². The lowest BCUT2D eigenvalue weighted by molar-refractivity contribution is -0.150. The molecule has 6 rings (SSSR count). The van der Waals surface area contributed by atoms with Crippen LogP contribution in [-0.4, -0.2) is 62.1 Å². The van der Waals surface area contributed by atoms with Crippen molar-refractivity contribution >= 4 is 41.6 Å². The molecule has 0 amide bonds. The molecule has 4 N–H and O–H groups in total. The number of methoxy groups -OCH3 is 1. The minimum atomic E-state index is -4.29. The van der Waals surface area contributed by atoms with E-state index in [1.165, 1.54) is 24.9 Å². The number of hydrogen-bond donors (Lipinski definition) is 3. The Kier molecular flexibility index (Phi) is 9.37. The van der Waals surface area contributed by atoms with E-state index < -0.39 is 43.8 Å². The van der Waals surface area contributed by atoms with Crippen molar-refractivity contribution < 1.29 is 37.7 Å². The number of imidazole rings is 1. The number of carbonyl (C=O) groups excluding carboxylic acids is 1. The zero-order valence-electron chi connectivity index (χ0n) is 26.8. The second kappa shape index (κ2) is 13.5. The fourth-order valence-corrected chi connectivity index (χ4v) is 7.20. The SMILES string of the molecule is COc1nc(N)nc2c1ncn2C1OC(COP(=O)(NC(C)C(=O)OC(C)c2ccccc2)Oc2cccc3ccccc23)CC1(C)O. The highest BCUT2D eigenvalue weighted by Crippen LogP contribution is 2.48. The number of nitrogens with zero attached hydrogens (tertiary/aromatic N) is 4. The number of nitrogens with two attached hydrogens (primary N) is 1. The predicted molar refractivity (Wildman–Crippen MR) is 177 cm³/mol. The van der Waals surface area contributed by atoms with Crippen molar-refractivity contribution in [2.75, 3.05) is 19.5 Å². The lowest BCUT2D eigenvalue weighted by Gasteiger charge is -2.25. The van der Waals surface area contributed by atoms with Gasteiger partial charge in [0.1, 0.15) is 23.5 Å². The molecule has 1 saturated heterocycles. The van der Waals surface area contributed by atoms with Gasteiger partial charge < -0.3 is 29.6 Å². The van der Waals surface area contributed by atoms with E-state index in [-0.39, 0.29) is 30.6 Å². The Bertz CT molecular complexity index is 1970. The highest BCUT2D eigenvalue weighted by Gasteiger charge is 2.47. The molecule has 0 aliphatic carbocycles. The van der Waals surface area contributed by atoms with Gasteiger partial charge >= 0.3 is 13.7 Å². The molecule has 1 fully saturated rings. The molecule has 48 heavy (non-hydrogen) atoms. The van der Waals surface area contributed by atoms with Gasteiger partial charge in [0.05, 0.1) is 26.1 Å². The summed E-state index contributed by atoms with van der Waals surface area (Å²) in [6.07, 6.45) is -0.725. The molecule has 0 radical (unpaired) electrons. The minimum Gasteiger partial charge on any atom is -0.479 e. The van der Waals surface area contributed by atoms with Crippen LogP contribution in [0.15, 0.2) is 79.1 Å². The summed E-state index contributed by atoms with van der Waals surface area (Å²) in [6, 6.07) is 21.0. The monoisotopic (exact) mass is 676 g/mol. The number of rotatable bonds is 12. The Balaban J connectivity index is 1.22. The molecule has 2 aromatic heterocycles. The molecule has 5 aromatic rings. The number of aromatic nitrogens is 4. The van der Waals surface area contributed by atoms with Crippen LogP contribution >= 0.6 is 7.75 Å². The molecule has 15 heteroatoms. The first-order chi connectivity index (χ1) is 23.0. The minimum absolute atomic E-state index is 0.0398. The summed E-state index contributed by atoms with van der Waals surface area (Å²) in [5, 5.41) is 15.7. The van der Waals surface area contributed by atoms with E-state index in [1.807, 2.05) is 60.7 Å². The Morgan fingerprint density at radius 1 is 1.12 bits per heavy atom. The van der Waals surface area contributed by atoms with Gasteiger partial charge in [-0.15, -0.1) is 0 Å². The van der Waals surface area contributed by atoms with Crippen molar-refractivity contribution in [2.45, 2.75) is 57.3 Å². The van der Waals surface area contributed by atoms with Gasteiger partial charge in [0.15, 0.2) is 17.4 Å². The zero-order valence-corrected chi connectivity index (χ0v) is 27.7. The van der Waals surface area contributed by atoms with Gasteiger partial charge in [-0.05, 0) is 37.8 Å². The molecule has 0 bridgehead atoms. The molecule has 0 saturated carbocycles. The number of nitrogens with one attached hydrogen (secondary N) is 1. The van der Waals surface area contributed by atoms with Gasteiger partial charge in [-0.2, -0.15) is 15.1 Å². The predicted octanol–water partition coefficient (Wildman–Crippen LogP) is 5.10. The second-order valence-corrected chi connectivity index (χ2v) is 13.5. The highest BCUT2D eigenvalue weighted by atomic mass is 31.2. The van der Waals surface area contributed by atoms with Gasteiger partial charge in [-0.3, -0.25) is 13.9 Å². The van der Waals surface area contributed by atoms with Crippen molar-refractivity contribution in [2.24, 2.45) is 0 Å². The maximum atomic E-state index is 14.5. The highest BCUT2D eigenvalue weighted by molar-refractivity contribution is 7.52. The van der Waals surface area contributed by atoms with Gasteiger partial charge in [-0.25, -0.2) is 9.55 Å². The van der Waals surface area contributed by atoms with Gasteiger partial charge in [-0.1, -0.05) is 66.7 Å². The summed E-state index contributed by atoms with van der Waals surface area (Å²) in [6.45, 7) is 4.60. The number of aliphatic hydroxyl groups is 1. The summed E-state index contributed by atoms with van der Waals surface area (Å²) >= 11 is 0. The number of anilines is 1. The number of carbonyl (C=O) groups is 1. The summed E-state index contributed by atoms with van der Waals surface area (Å²) in [5.74, 6) is -0.227. The largest absolute Gasteiger partial charge is 0.479 e. The molecular formula is C33H37N6O8P. The van der Waals surface area contributed by atoms with Crippen LogP contribution in [0.1, 0.15) is 45.1 Å². The third kappa shape index (κ3) is 6.98. The molecule has 1 aliphatic heterocycles. The Morgan fingerprint density at radius 2 is 1.85 bits per heavy atom. The van der Waals surface area contributed by atoms with E-state index >= 15 is 0 Å². The van der Waals surface area contributed by atoms with Crippen LogP contribution in [0, 0.1) is 0 Å². The Hall–Kier alpha value is -4.59. The number of nitrogen functional groups attached to an aromatic ring is 1. The van der Waals surface area contributed by atoms with Crippen molar-refractivity contribution in [3.8, 4) is 11.6 Å². The van der Waals surface area contributed by atoms with E-state index in [1.54, 1.807) is 26.0 Å². The van der Waals surface area contributed by atoms with Crippen LogP contribution in [0.4, 0.5) is 5.95 Å². The van der Waals surface area contributed by atoms with E-state index in [9.17, 15) is 14.5 Å². The van der Waals surface area contributed by atoms with Crippen molar-refractivity contribution in [1.29, 1.82) is 0 Å². The number of hydrogen-bond acceptors (Lipinski definition) is 12. The average Bonchev–Trinajstić information content (AvgIpc) is 3.62. The number of ether oxygens (including phenoxy) is 3. The summed E-state index contributed by atoms with van der Waals surface area (Å²) < 4.78 is 45.2. The quantitative estimate of drug-likeness (QED) is 0.117. The van der Waals surface area contributed by atoms with Gasteiger partial charge in [0.2, 0.25) is 11.8 Å². The smallest absolute Gasteiger partial charge is 0.459 e. The number of esters is 1. The molecule has 3 aromatic carbocycles. The first-order valence-corrected chi connectivity index (χ1v) is 16.9. The van der Waals surface area contributed by atoms with E-state index in [4.69, 9.17) is 29.0 Å². The molecule has 1 aliphatic rings. The van der Waals surface area contributed by atoms with Crippen LogP contribution < -0.4 is 20.1 Å².